The van der Waals surface area contributed by atoms with Gasteiger partial charge >= 0.3 is 0 Å². The summed E-state index contributed by atoms with van der Waals surface area (Å²) < 4.78 is 13.7. The largest absolute Gasteiger partial charge is 0.314 e. The van der Waals surface area contributed by atoms with Crippen molar-refractivity contribution < 1.29 is 4.57 Å². The molecule has 1 aromatic heterocycles. The summed E-state index contributed by atoms with van der Waals surface area (Å²) in [7, 11) is -2.67. The molecule has 0 saturated carbocycles. The third kappa shape index (κ3) is 4.26. The van der Waals surface area contributed by atoms with E-state index in [1.54, 1.807) is 0 Å². The first-order chi connectivity index (χ1) is 21.1. The topological polar surface area (TPSA) is 30.0 Å². The maximum Gasteiger partial charge on any atom is 0.140 e. The lowest BCUT2D eigenvalue weighted by molar-refractivity contribution is 0.590. The van der Waals surface area contributed by atoms with Crippen LogP contribution in [0.4, 0.5) is 0 Å². The van der Waals surface area contributed by atoms with E-state index in [9.17, 15) is 4.57 Å². The van der Waals surface area contributed by atoms with E-state index in [0.29, 0.717) is 0 Å². The van der Waals surface area contributed by atoms with Gasteiger partial charge in [0.15, 0.2) is 0 Å². The highest BCUT2D eigenvalue weighted by molar-refractivity contribution is 7.78. The van der Waals surface area contributed by atoms with Gasteiger partial charge in [0.05, 0.1) is 11.0 Å². The first-order valence-electron chi connectivity index (χ1n) is 14.6. The Labute approximate surface area is 250 Å². The van der Waals surface area contributed by atoms with Gasteiger partial charge in [-0.3, -0.25) is 0 Å². The van der Waals surface area contributed by atoms with Crippen LogP contribution in [0.3, 0.4) is 0 Å². The predicted molar refractivity (Wildman–Crippen MR) is 184 cm³/mol. The third-order valence-corrected chi connectivity index (χ3v) is 11.2. The van der Waals surface area contributed by atoms with Gasteiger partial charge in [-0.05, 0) is 40.2 Å². The normalized spacial score (nSPS) is 13.0. The summed E-state index contributed by atoms with van der Waals surface area (Å²) in [4.78, 5) is 5.33. The minimum atomic E-state index is -2.67. The Hall–Kier alpha value is -5.04. The summed E-state index contributed by atoms with van der Waals surface area (Å²) in [5, 5.41) is 8.71. The zero-order valence-corrected chi connectivity index (χ0v) is 24.6. The molecule has 0 aliphatic carbocycles. The molecule has 1 atom stereocenters. The first-order valence-corrected chi connectivity index (χ1v) is 16.7. The lowest BCUT2D eigenvalue weighted by Crippen LogP contribution is -2.14. The molecule has 0 aliphatic heterocycles. The molecule has 204 valence electrons. The SMILES string of the molecule is CP(=O)(c1ccccc1)c1ccc(-c2cccc(-c3c4ccc5ccccc5c4nc4c3ccc3ccccc34)c2)cc1. The number of benzene rings is 7. The highest BCUT2D eigenvalue weighted by atomic mass is 31.2. The predicted octanol–water partition coefficient (Wildman–Crippen LogP) is 9.97. The van der Waals surface area contributed by atoms with Gasteiger partial charge in [-0.2, -0.15) is 0 Å². The van der Waals surface area contributed by atoms with Crippen molar-refractivity contribution in [3.8, 4) is 22.3 Å². The molecule has 0 aliphatic rings. The van der Waals surface area contributed by atoms with Crippen molar-refractivity contribution in [2.75, 3.05) is 6.66 Å². The summed E-state index contributed by atoms with van der Waals surface area (Å²) in [5.74, 6) is 0. The third-order valence-electron chi connectivity index (χ3n) is 8.66. The molecule has 0 spiro atoms. The molecule has 8 aromatic rings. The second-order valence-electron chi connectivity index (χ2n) is 11.2. The van der Waals surface area contributed by atoms with Crippen molar-refractivity contribution in [1.29, 1.82) is 0 Å². The van der Waals surface area contributed by atoms with E-state index in [0.717, 1.165) is 59.9 Å². The van der Waals surface area contributed by atoms with E-state index in [4.69, 9.17) is 4.98 Å². The Morgan fingerprint density at radius 1 is 0.442 bits per heavy atom. The van der Waals surface area contributed by atoms with Gasteiger partial charge in [0.25, 0.3) is 0 Å². The summed E-state index contributed by atoms with van der Waals surface area (Å²) >= 11 is 0. The van der Waals surface area contributed by atoms with Crippen LogP contribution in [0.15, 0.2) is 152 Å². The van der Waals surface area contributed by atoms with Crippen LogP contribution < -0.4 is 10.6 Å². The van der Waals surface area contributed by atoms with Crippen LogP contribution in [0.5, 0.6) is 0 Å². The Morgan fingerprint density at radius 3 is 1.60 bits per heavy atom. The molecule has 0 bridgehead atoms. The number of aromatic nitrogens is 1. The summed E-state index contributed by atoms with van der Waals surface area (Å²) in [6.45, 7) is 1.85. The van der Waals surface area contributed by atoms with E-state index in [1.165, 1.54) is 16.3 Å². The van der Waals surface area contributed by atoms with Crippen molar-refractivity contribution >= 4 is 61.1 Å². The van der Waals surface area contributed by atoms with E-state index in [-0.39, 0.29) is 0 Å². The maximum atomic E-state index is 13.7. The van der Waals surface area contributed by atoms with E-state index < -0.39 is 7.14 Å². The molecular formula is C40H28NOP. The van der Waals surface area contributed by atoms with Gasteiger partial charge in [0, 0.05) is 37.7 Å². The van der Waals surface area contributed by atoms with Gasteiger partial charge in [0.2, 0.25) is 0 Å². The van der Waals surface area contributed by atoms with E-state index in [2.05, 4.69) is 109 Å². The van der Waals surface area contributed by atoms with Crippen LogP contribution in [0.25, 0.3) is 65.6 Å². The minimum absolute atomic E-state index is 0.864. The minimum Gasteiger partial charge on any atom is -0.314 e. The van der Waals surface area contributed by atoms with Crippen molar-refractivity contribution in [3.63, 3.8) is 0 Å². The molecule has 8 rings (SSSR count). The number of nitrogens with zero attached hydrogens (tertiary/aromatic N) is 1. The number of fused-ring (bicyclic) bond motifs is 6. The Morgan fingerprint density at radius 2 is 0.977 bits per heavy atom. The number of rotatable bonds is 4. The molecule has 0 fully saturated rings. The number of hydrogen-bond acceptors (Lipinski definition) is 2. The molecular weight excluding hydrogens is 541 g/mol. The lowest BCUT2D eigenvalue weighted by Gasteiger charge is -2.16. The first kappa shape index (κ1) is 25.7. The van der Waals surface area contributed by atoms with Crippen LogP contribution in [0.1, 0.15) is 0 Å². The maximum absolute atomic E-state index is 13.7. The second-order valence-corrected chi connectivity index (χ2v) is 14.1. The fourth-order valence-electron chi connectivity index (χ4n) is 6.38. The second kappa shape index (κ2) is 10.1. The average Bonchev–Trinajstić information content (AvgIpc) is 3.07. The van der Waals surface area contributed by atoms with Crippen LogP contribution >= 0.6 is 7.14 Å². The zero-order chi connectivity index (χ0) is 29.0. The van der Waals surface area contributed by atoms with Crippen LogP contribution in [0, 0.1) is 0 Å². The fraction of sp³-hybridized carbons (Fsp3) is 0.0250. The molecule has 1 unspecified atom stereocenters. The molecule has 0 radical (unpaired) electrons. The lowest BCUT2D eigenvalue weighted by atomic mass is 9.91. The Balaban J connectivity index is 1.32. The summed E-state index contributed by atoms with van der Waals surface area (Å²) in [5.41, 5.74) is 6.59. The van der Waals surface area contributed by atoms with Crippen molar-refractivity contribution in [2.24, 2.45) is 0 Å². The monoisotopic (exact) mass is 569 g/mol. The molecule has 2 nitrogen and oxygen atoms in total. The van der Waals surface area contributed by atoms with E-state index in [1.807, 2.05) is 49.1 Å². The summed E-state index contributed by atoms with van der Waals surface area (Å²) in [6, 6.07) is 52.6. The quantitative estimate of drug-likeness (QED) is 0.120. The van der Waals surface area contributed by atoms with Crippen LogP contribution in [-0.2, 0) is 4.57 Å². The number of pyridine rings is 1. The zero-order valence-electron chi connectivity index (χ0n) is 23.7. The van der Waals surface area contributed by atoms with E-state index >= 15 is 0 Å². The molecule has 0 saturated heterocycles. The Bertz CT molecular complexity index is 2280. The molecule has 3 heteroatoms. The van der Waals surface area contributed by atoms with Gasteiger partial charge in [-0.25, -0.2) is 4.98 Å². The smallest absolute Gasteiger partial charge is 0.140 e. The highest BCUT2D eigenvalue weighted by Gasteiger charge is 2.21. The van der Waals surface area contributed by atoms with Gasteiger partial charge in [0.1, 0.15) is 7.14 Å². The van der Waals surface area contributed by atoms with Crippen LogP contribution in [-0.4, -0.2) is 11.6 Å². The molecule has 0 N–H and O–H groups in total. The Kier molecular flexibility index (Phi) is 6.00. The molecule has 1 heterocycles. The highest BCUT2D eigenvalue weighted by Crippen LogP contribution is 2.42. The number of hydrogen-bond donors (Lipinski definition) is 0. The van der Waals surface area contributed by atoms with Gasteiger partial charge < -0.3 is 4.57 Å². The van der Waals surface area contributed by atoms with Crippen molar-refractivity contribution in [1.82, 2.24) is 4.98 Å². The van der Waals surface area contributed by atoms with Crippen molar-refractivity contribution in [2.45, 2.75) is 0 Å². The van der Waals surface area contributed by atoms with Crippen molar-refractivity contribution in [3.05, 3.63) is 152 Å². The molecule has 43 heavy (non-hydrogen) atoms. The standard InChI is InChI=1S/C40H28NOP/c1-43(42,32-14-3-2-4-15-32)33-22-18-27(19-23-33)30-12-9-13-31(26-30)38-36-24-20-28-10-5-7-16-34(28)39(36)41-40-35-17-8-6-11-29(35)21-25-37(38)40/h2-26H,1H3. The molecule has 7 aromatic carbocycles. The summed E-state index contributed by atoms with van der Waals surface area (Å²) in [6.07, 6.45) is 0. The molecule has 0 amide bonds. The fourth-order valence-corrected chi connectivity index (χ4v) is 8.13. The average molecular weight is 570 g/mol. The van der Waals surface area contributed by atoms with Gasteiger partial charge in [-0.1, -0.05) is 146 Å². The van der Waals surface area contributed by atoms with Crippen LogP contribution in [0.2, 0.25) is 0 Å². The van der Waals surface area contributed by atoms with Gasteiger partial charge in [-0.15, -0.1) is 0 Å².